The van der Waals surface area contributed by atoms with Crippen LogP contribution in [0.5, 0.6) is 0 Å². The van der Waals surface area contributed by atoms with E-state index >= 15 is 0 Å². The highest BCUT2D eigenvalue weighted by Gasteiger charge is 2.20. The summed E-state index contributed by atoms with van der Waals surface area (Å²) in [5.74, 6) is 1.15. The van der Waals surface area contributed by atoms with Gasteiger partial charge < -0.3 is 15.7 Å². The number of nitrogens with zero attached hydrogens (tertiary/aromatic N) is 4. The Kier molecular flexibility index (Phi) is 4.05. The third-order valence-corrected chi connectivity index (χ3v) is 5.27. The minimum atomic E-state index is -0.210. The molecule has 3 heterocycles. The molecule has 2 aliphatic rings. The zero-order chi connectivity index (χ0) is 19.1. The van der Waals surface area contributed by atoms with Gasteiger partial charge in [0.05, 0.1) is 11.7 Å². The maximum Gasteiger partial charge on any atom is 0.277 e. The minimum Gasteiger partial charge on any atom is -0.393 e. The number of benzene rings is 1. The van der Waals surface area contributed by atoms with E-state index in [0.717, 1.165) is 48.4 Å². The van der Waals surface area contributed by atoms with Crippen molar-refractivity contribution in [3.63, 3.8) is 0 Å². The largest absolute Gasteiger partial charge is 0.393 e. The number of rotatable bonds is 4. The van der Waals surface area contributed by atoms with Gasteiger partial charge in [-0.2, -0.15) is 9.50 Å². The molecule has 0 radical (unpaired) electrons. The minimum absolute atomic E-state index is 0.177. The van der Waals surface area contributed by atoms with E-state index in [1.165, 1.54) is 0 Å². The number of hydrogen-bond acceptors (Lipinski definition) is 6. The molecule has 142 valence electrons. The fourth-order valence-electron chi connectivity index (χ4n) is 3.77. The van der Waals surface area contributed by atoms with Gasteiger partial charge in [0.15, 0.2) is 5.65 Å². The van der Waals surface area contributed by atoms with Crippen LogP contribution in [0.25, 0.3) is 5.65 Å². The van der Waals surface area contributed by atoms with Crippen molar-refractivity contribution >= 4 is 35.2 Å². The van der Waals surface area contributed by atoms with Gasteiger partial charge in [-0.25, -0.2) is 4.99 Å². The summed E-state index contributed by atoms with van der Waals surface area (Å²) >= 11 is 0. The molecule has 1 aliphatic carbocycles. The fraction of sp³-hybridized carbons (Fsp3) is 0.300. The molecular formula is C20H20N6O2. The summed E-state index contributed by atoms with van der Waals surface area (Å²) in [6, 6.07) is 11.6. The number of carbonyl (C=O) groups excluding carboxylic acids is 1. The smallest absolute Gasteiger partial charge is 0.277 e. The van der Waals surface area contributed by atoms with Gasteiger partial charge in [-0.3, -0.25) is 4.79 Å². The molecule has 0 unspecified atom stereocenters. The third kappa shape index (κ3) is 3.11. The summed E-state index contributed by atoms with van der Waals surface area (Å²) in [6.45, 7) is 0. The van der Waals surface area contributed by atoms with Gasteiger partial charge in [0.25, 0.3) is 5.91 Å². The second-order valence-corrected chi connectivity index (χ2v) is 7.26. The van der Waals surface area contributed by atoms with Crippen LogP contribution >= 0.6 is 0 Å². The number of carbonyl (C=O) groups is 1. The van der Waals surface area contributed by atoms with Crippen LogP contribution in [0.15, 0.2) is 41.4 Å². The maximum atomic E-state index is 11.6. The Balaban J connectivity index is 1.38. The molecule has 1 fully saturated rings. The van der Waals surface area contributed by atoms with E-state index in [1.807, 2.05) is 30.3 Å². The van der Waals surface area contributed by atoms with Gasteiger partial charge in [0.1, 0.15) is 5.82 Å². The summed E-state index contributed by atoms with van der Waals surface area (Å²) in [7, 11) is 0. The Bertz CT molecular complexity index is 1080. The van der Waals surface area contributed by atoms with E-state index in [1.54, 1.807) is 16.8 Å². The first-order valence-electron chi connectivity index (χ1n) is 9.45. The van der Waals surface area contributed by atoms with E-state index in [4.69, 9.17) is 0 Å². The van der Waals surface area contributed by atoms with Crippen molar-refractivity contribution in [3.8, 4) is 0 Å². The highest BCUT2D eigenvalue weighted by molar-refractivity contribution is 6.13. The lowest BCUT2D eigenvalue weighted by atomic mass is 9.93. The van der Waals surface area contributed by atoms with Crippen LogP contribution < -0.4 is 10.6 Å². The number of aliphatic hydroxyl groups excluding tert-OH is 1. The molecule has 2 aromatic heterocycles. The normalized spacial score (nSPS) is 21.1. The van der Waals surface area contributed by atoms with Crippen molar-refractivity contribution < 1.29 is 9.90 Å². The highest BCUT2D eigenvalue weighted by atomic mass is 16.3. The summed E-state index contributed by atoms with van der Waals surface area (Å²) in [6.07, 6.45) is 4.91. The van der Waals surface area contributed by atoms with Crippen LogP contribution in [-0.2, 0) is 0 Å². The molecule has 0 bridgehead atoms. The van der Waals surface area contributed by atoms with E-state index in [-0.39, 0.29) is 12.0 Å². The van der Waals surface area contributed by atoms with Crippen LogP contribution in [0.3, 0.4) is 0 Å². The first-order valence-corrected chi connectivity index (χ1v) is 9.45. The van der Waals surface area contributed by atoms with Crippen molar-refractivity contribution in [3.05, 3.63) is 47.5 Å². The SMILES string of the molecule is O=C1N=Cc2cc(Nc3nc4cccc(NC5CCC(O)CC5)n4n3)ccc21. The molecule has 1 aliphatic heterocycles. The monoisotopic (exact) mass is 376 g/mol. The average Bonchev–Trinajstić information content (AvgIpc) is 3.27. The summed E-state index contributed by atoms with van der Waals surface area (Å²) in [5, 5.41) is 21.0. The van der Waals surface area contributed by atoms with Crippen LogP contribution in [0.4, 0.5) is 17.5 Å². The standard InChI is InChI=1S/C20H20N6O2/c27-15-7-4-13(5-8-15)22-17-2-1-3-18-24-20(25-26(17)18)23-14-6-9-16-12(10-14)11-21-19(16)28/h1-3,6,9-11,13,15,22,27H,4-5,7-8H2,(H,23,25). The Labute approximate surface area is 161 Å². The molecular weight excluding hydrogens is 356 g/mol. The Morgan fingerprint density at radius 2 is 1.96 bits per heavy atom. The molecule has 3 aromatic rings. The molecule has 0 atom stereocenters. The van der Waals surface area contributed by atoms with Gasteiger partial charge in [-0.05, 0) is 56.0 Å². The average molecular weight is 376 g/mol. The van der Waals surface area contributed by atoms with E-state index in [0.29, 0.717) is 17.6 Å². The number of amides is 1. The summed E-state index contributed by atoms with van der Waals surface area (Å²) in [4.78, 5) is 20.0. The number of aromatic nitrogens is 3. The van der Waals surface area contributed by atoms with Crippen molar-refractivity contribution in [1.29, 1.82) is 0 Å². The van der Waals surface area contributed by atoms with Gasteiger partial charge in [0.2, 0.25) is 5.95 Å². The molecule has 8 heteroatoms. The molecule has 1 amide bonds. The molecule has 1 saturated carbocycles. The van der Waals surface area contributed by atoms with Gasteiger partial charge >= 0.3 is 0 Å². The molecule has 8 nitrogen and oxygen atoms in total. The maximum absolute atomic E-state index is 11.6. The van der Waals surface area contributed by atoms with Crippen molar-refractivity contribution in [2.75, 3.05) is 10.6 Å². The first kappa shape index (κ1) is 16.9. The van der Waals surface area contributed by atoms with Crippen LogP contribution in [-0.4, -0.2) is 44.0 Å². The number of nitrogens with one attached hydrogen (secondary N) is 2. The van der Waals surface area contributed by atoms with Crippen molar-refractivity contribution in [2.24, 2.45) is 4.99 Å². The third-order valence-electron chi connectivity index (χ3n) is 5.27. The Morgan fingerprint density at radius 3 is 2.82 bits per heavy atom. The highest BCUT2D eigenvalue weighted by Crippen LogP contribution is 2.24. The quantitative estimate of drug-likeness (QED) is 0.647. The number of pyridine rings is 1. The van der Waals surface area contributed by atoms with E-state index in [2.05, 4.69) is 25.7 Å². The lowest BCUT2D eigenvalue weighted by Crippen LogP contribution is -2.29. The molecule has 0 spiro atoms. The second-order valence-electron chi connectivity index (χ2n) is 7.26. The van der Waals surface area contributed by atoms with Crippen LogP contribution in [0, 0.1) is 0 Å². The van der Waals surface area contributed by atoms with Crippen LogP contribution in [0.2, 0.25) is 0 Å². The van der Waals surface area contributed by atoms with Crippen molar-refractivity contribution in [1.82, 2.24) is 14.6 Å². The molecule has 0 saturated heterocycles. The fourth-order valence-corrected chi connectivity index (χ4v) is 3.77. The molecule has 28 heavy (non-hydrogen) atoms. The van der Waals surface area contributed by atoms with Crippen molar-refractivity contribution in [2.45, 2.75) is 37.8 Å². The second kappa shape index (κ2) is 6.72. The number of aliphatic imine (C=N–C) groups is 1. The van der Waals surface area contributed by atoms with Gasteiger partial charge in [-0.1, -0.05) is 6.07 Å². The predicted octanol–water partition coefficient (Wildman–Crippen LogP) is 2.76. The lowest BCUT2D eigenvalue weighted by molar-refractivity contribution is 0.101. The van der Waals surface area contributed by atoms with E-state index in [9.17, 15) is 9.90 Å². The van der Waals surface area contributed by atoms with Gasteiger partial charge in [-0.15, -0.1) is 5.10 Å². The number of aliphatic hydroxyl groups is 1. The predicted molar refractivity (Wildman–Crippen MR) is 107 cm³/mol. The zero-order valence-corrected chi connectivity index (χ0v) is 15.2. The van der Waals surface area contributed by atoms with Gasteiger partial charge in [0, 0.05) is 23.5 Å². The number of fused-ring (bicyclic) bond motifs is 2. The first-order chi connectivity index (χ1) is 13.7. The molecule has 1 aromatic carbocycles. The van der Waals surface area contributed by atoms with Crippen LogP contribution in [0.1, 0.15) is 41.6 Å². The van der Waals surface area contributed by atoms with E-state index < -0.39 is 0 Å². The number of anilines is 3. The Hall–Kier alpha value is -3.26. The summed E-state index contributed by atoms with van der Waals surface area (Å²) < 4.78 is 1.78. The molecule has 3 N–H and O–H groups in total. The Morgan fingerprint density at radius 1 is 1.11 bits per heavy atom. The number of hydrogen-bond donors (Lipinski definition) is 3. The molecule has 5 rings (SSSR count). The zero-order valence-electron chi connectivity index (χ0n) is 15.2. The lowest BCUT2D eigenvalue weighted by Gasteiger charge is -2.26. The topological polar surface area (TPSA) is 104 Å². The summed E-state index contributed by atoms with van der Waals surface area (Å²) in [5.41, 5.74) is 2.94.